The first-order valence-electron chi connectivity index (χ1n) is 6.73. The molecule has 0 amide bonds. The zero-order valence-corrected chi connectivity index (χ0v) is 14.6. The summed E-state index contributed by atoms with van der Waals surface area (Å²) in [6.07, 6.45) is -2.01. The molecule has 1 aromatic carbocycles. The van der Waals surface area contributed by atoms with Gasteiger partial charge >= 0.3 is 12.1 Å². The van der Waals surface area contributed by atoms with Gasteiger partial charge in [-0.25, -0.2) is 4.79 Å². The van der Waals surface area contributed by atoms with Crippen molar-refractivity contribution in [3.8, 4) is 11.3 Å². The fraction of sp³-hybridized carbons (Fsp3) is 0.188. The van der Waals surface area contributed by atoms with Crippen molar-refractivity contribution in [3.05, 3.63) is 51.2 Å². The van der Waals surface area contributed by atoms with Crippen molar-refractivity contribution in [2.75, 3.05) is 6.61 Å². The molecule has 128 valence electrons. The van der Waals surface area contributed by atoms with Crippen molar-refractivity contribution in [1.29, 1.82) is 0 Å². The Balaban J connectivity index is 2.35. The highest BCUT2D eigenvalue weighted by Gasteiger charge is 2.34. The highest BCUT2D eigenvalue weighted by molar-refractivity contribution is 9.10. The van der Waals surface area contributed by atoms with Gasteiger partial charge in [0.1, 0.15) is 11.5 Å². The number of carbonyl (C=O) groups excluding carboxylic acids is 1. The van der Waals surface area contributed by atoms with Crippen LogP contribution in [-0.2, 0) is 15.7 Å². The monoisotopic (exact) mass is 422 g/mol. The minimum atomic E-state index is -4.53. The van der Waals surface area contributed by atoms with E-state index in [1.165, 1.54) is 18.2 Å². The summed E-state index contributed by atoms with van der Waals surface area (Å²) in [6.45, 7) is 1.91. The van der Waals surface area contributed by atoms with Gasteiger partial charge in [0, 0.05) is 16.1 Å². The van der Waals surface area contributed by atoms with Gasteiger partial charge in [-0.15, -0.1) is 0 Å². The highest BCUT2D eigenvalue weighted by Crippen LogP contribution is 2.41. The zero-order chi connectivity index (χ0) is 17.9. The van der Waals surface area contributed by atoms with E-state index in [1.807, 2.05) is 0 Å². The first kappa shape index (κ1) is 18.6. The Morgan fingerprint density at radius 3 is 2.71 bits per heavy atom. The van der Waals surface area contributed by atoms with E-state index >= 15 is 0 Å². The molecule has 0 atom stereocenters. The van der Waals surface area contributed by atoms with Crippen LogP contribution in [0.1, 0.15) is 18.2 Å². The molecule has 8 heteroatoms. The van der Waals surface area contributed by atoms with E-state index in [1.54, 1.807) is 6.92 Å². The maximum Gasteiger partial charge on any atom is 0.417 e. The summed E-state index contributed by atoms with van der Waals surface area (Å²) >= 11 is 8.87. The summed E-state index contributed by atoms with van der Waals surface area (Å²) in [4.78, 5) is 11.2. The summed E-state index contributed by atoms with van der Waals surface area (Å²) < 4.78 is 49.0. The molecule has 1 aromatic heterocycles. The molecule has 0 radical (unpaired) electrons. The van der Waals surface area contributed by atoms with Gasteiger partial charge in [0.05, 0.1) is 17.2 Å². The molecule has 2 aromatic rings. The normalized spacial score (nSPS) is 11.9. The van der Waals surface area contributed by atoms with Crippen LogP contribution in [0.15, 0.2) is 39.2 Å². The quantitative estimate of drug-likeness (QED) is 0.450. The Morgan fingerprint density at radius 2 is 2.08 bits per heavy atom. The number of ether oxygens (including phenoxy) is 1. The molecule has 0 N–H and O–H groups in total. The fourth-order valence-electron chi connectivity index (χ4n) is 1.88. The average Bonchev–Trinajstić information content (AvgIpc) is 2.92. The smallest absolute Gasteiger partial charge is 0.417 e. The number of hydrogen-bond donors (Lipinski definition) is 0. The number of hydrogen-bond acceptors (Lipinski definition) is 3. The Bertz CT molecular complexity index is 781. The maximum atomic E-state index is 13.0. The molecular formula is C16H11BrClF3O3. The van der Waals surface area contributed by atoms with Crippen molar-refractivity contribution < 1.29 is 27.1 Å². The van der Waals surface area contributed by atoms with Crippen molar-refractivity contribution >= 4 is 39.6 Å². The number of carbonyl (C=O) groups is 1. The molecule has 0 spiro atoms. The number of esters is 1. The Labute approximate surface area is 149 Å². The molecule has 24 heavy (non-hydrogen) atoms. The Hall–Kier alpha value is -1.73. The third-order valence-corrected chi connectivity index (χ3v) is 3.89. The van der Waals surface area contributed by atoms with Gasteiger partial charge in [-0.3, -0.25) is 0 Å². The first-order valence-corrected chi connectivity index (χ1v) is 7.90. The van der Waals surface area contributed by atoms with Crippen LogP contribution in [0, 0.1) is 0 Å². The number of rotatable bonds is 4. The summed E-state index contributed by atoms with van der Waals surface area (Å²) in [5.74, 6) is -0.108. The molecule has 3 nitrogen and oxygen atoms in total. The number of halogens is 5. The van der Waals surface area contributed by atoms with Gasteiger partial charge in [0.25, 0.3) is 0 Å². The fourth-order valence-corrected chi connectivity index (χ4v) is 2.84. The van der Waals surface area contributed by atoms with Crippen LogP contribution < -0.4 is 0 Å². The van der Waals surface area contributed by atoms with Gasteiger partial charge in [0.2, 0.25) is 0 Å². The van der Waals surface area contributed by atoms with E-state index in [9.17, 15) is 18.0 Å². The van der Waals surface area contributed by atoms with Crippen LogP contribution >= 0.6 is 27.5 Å². The molecule has 0 saturated heterocycles. The van der Waals surface area contributed by atoms with E-state index < -0.39 is 17.7 Å². The van der Waals surface area contributed by atoms with Crippen LogP contribution in [0.4, 0.5) is 13.2 Å². The lowest BCUT2D eigenvalue weighted by atomic mass is 10.1. The molecule has 0 unspecified atom stereocenters. The van der Waals surface area contributed by atoms with Gasteiger partial charge in [-0.1, -0.05) is 27.5 Å². The topological polar surface area (TPSA) is 39.4 Å². The molecule has 2 rings (SSSR count). The predicted molar refractivity (Wildman–Crippen MR) is 87.5 cm³/mol. The molecule has 0 saturated carbocycles. The molecule has 0 bridgehead atoms. The number of alkyl halides is 3. The van der Waals surface area contributed by atoms with Crippen LogP contribution in [0.2, 0.25) is 5.02 Å². The second-order valence-corrected chi connectivity index (χ2v) is 5.86. The number of furan rings is 1. The molecule has 0 aliphatic rings. The standard InChI is InChI=1S/C16H11BrClF3O3/c1-2-23-15(22)6-4-9-3-5-14(24-9)10-7-11(16(19,20)21)12(17)8-13(10)18/h3-8H,2H2,1H3/b6-4+. The van der Waals surface area contributed by atoms with Crippen molar-refractivity contribution in [2.45, 2.75) is 13.1 Å². The average molecular weight is 424 g/mol. The molecule has 0 aliphatic heterocycles. The van der Waals surface area contributed by atoms with Crippen LogP contribution in [0.5, 0.6) is 0 Å². The van der Waals surface area contributed by atoms with E-state index in [2.05, 4.69) is 15.9 Å². The minimum Gasteiger partial charge on any atom is -0.463 e. The van der Waals surface area contributed by atoms with Gasteiger partial charge in [-0.05, 0) is 37.3 Å². The Kier molecular flexibility index (Phi) is 5.77. The predicted octanol–water partition coefficient (Wildman–Crippen LogP) is 5.96. The SMILES string of the molecule is CCOC(=O)/C=C/c1ccc(-c2cc(C(F)(F)F)c(Br)cc2Cl)o1. The number of benzene rings is 1. The summed E-state index contributed by atoms with van der Waals surface area (Å²) in [7, 11) is 0. The van der Waals surface area contributed by atoms with Gasteiger partial charge < -0.3 is 9.15 Å². The van der Waals surface area contributed by atoms with E-state index in [0.29, 0.717) is 0 Å². The van der Waals surface area contributed by atoms with Crippen molar-refractivity contribution in [1.82, 2.24) is 0 Å². The van der Waals surface area contributed by atoms with Gasteiger partial charge in [-0.2, -0.15) is 13.2 Å². The molecule has 0 aliphatic carbocycles. The van der Waals surface area contributed by atoms with E-state index in [-0.39, 0.29) is 33.2 Å². The third kappa shape index (κ3) is 4.42. The van der Waals surface area contributed by atoms with Crippen LogP contribution in [0.25, 0.3) is 17.4 Å². The third-order valence-electron chi connectivity index (χ3n) is 2.92. The Morgan fingerprint density at radius 1 is 1.38 bits per heavy atom. The lowest BCUT2D eigenvalue weighted by Crippen LogP contribution is -2.06. The van der Waals surface area contributed by atoms with E-state index in [4.69, 9.17) is 20.8 Å². The largest absolute Gasteiger partial charge is 0.463 e. The highest BCUT2D eigenvalue weighted by atomic mass is 79.9. The molecule has 1 heterocycles. The maximum absolute atomic E-state index is 13.0. The molecule has 0 fully saturated rings. The minimum absolute atomic E-state index is 0.1000. The summed E-state index contributed by atoms with van der Waals surface area (Å²) in [5, 5.41) is 0.102. The van der Waals surface area contributed by atoms with Crippen molar-refractivity contribution in [3.63, 3.8) is 0 Å². The second-order valence-electron chi connectivity index (χ2n) is 4.60. The van der Waals surface area contributed by atoms with Crippen LogP contribution in [-0.4, -0.2) is 12.6 Å². The summed E-state index contributed by atoms with van der Waals surface area (Å²) in [5.41, 5.74) is -0.759. The first-order chi connectivity index (χ1) is 11.2. The second kappa shape index (κ2) is 7.44. The van der Waals surface area contributed by atoms with E-state index in [0.717, 1.165) is 18.2 Å². The lowest BCUT2D eigenvalue weighted by Gasteiger charge is -2.11. The van der Waals surface area contributed by atoms with Crippen LogP contribution in [0.3, 0.4) is 0 Å². The van der Waals surface area contributed by atoms with Crippen molar-refractivity contribution in [2.24, 2.45) is 0 Å². The van der Waals surface area contributed by atoms with Gasteiger partial charge in [0.15, 0.2) is 0 Å². The zero-order valence-electron chi connectivity index (χ0n) is 12.3. The lowest BCUT2D eigenvalue weighted by molar-refractivity contribution is -0.138. The summed E-state index contributed by atoms with van der Waals surface area (Å²) in [6, 6.07) is 5.05. The molecular weight excluding hydrogens is 413 g/mol.